The third-order valence-corrected chi connectivity index (χ3v) is 3.71. The van der Waals surface area contributed by atoms with Crippen molar-refractivity contribution in [2.45, 2.75) is 25.7 Å². The first-order chi connectivity index (χ1) is 9.13. The summed E-state index contributed by atoms with van der Waals surface area (Å²) in [4.78, 5) is 11.4. The molecule has 0 aromatic heterocycles. The number of amides is 1. The number of hydrogen-bond donors (Lipinski definition) is 2. The van der Waals surface area contributed by atoms with Crippen molar-refractivity contribution >= 4 is 23.2 Å². The lowest BCUT2D eigenvalue weighted by molar-refractivity contribution is -0.114. The lowest BCUT2D eigenvalue weighted by atomic mass is 9.90. The molecule has 1 unspecified atom stereocenters. The van der Waals surface area contributed by atoms with E-state index in [2.05, 4.69) is 10.6 Å². The van der Waals surface area contributed by atoms with Gasteiger partial charge in [0.2, 0.25) is 5.91 Å². The van der Waals surface area contributed by atoms with E-state index in [-0.39, 0.29) is 5.91 Å². The molecule has 0 bridgehead atoms. The minimum atomic E-state index is -0.120. The second-order valence-corrected chi connectivity index (χ2v) is 5.17. The van der Waals surface area contributed by atoms with Gasteiger partial charge in [-0.2, -0.15) is 0 Å². The topological polar surface area (TPSA) is 50.4 Å². The first kappa shape index (κ1) is 14.2. The van der Waals surface area contributed by atoms with E-state index in [1.165, 1.54) is 6.92 Å². The van der Waals surface area contributed by atoms with Crippen molar-refractivity contribution in [3.63, 3.8) is 0 Å². The molecule has 0 aliphatic carbocycles. The summed E-state index contributed by atoms with van der Waals surface area (Å²) >= 11 is 6.34. The Morgan fingerprint density at radius 1 is 1.53 bits per heavy atom. The SMILES string of the molecule is COc1ccc(Cl)c(C2CCCNC2)c1NC(C)=O. The lowest BCUT2D eigenvalue weighted by Crippen LogP contribution is -2.29. The molecule has 1 atom stereocenters. The van der Waals surface area contributed by atoms with Crippen molar-refractivity contribution in [2.24, 2.45) is 0 Å². The summed E-state index contributed by atoms with van der Waals surface area (Å²) in [6.07, 6.45) is 2.17. The molecule has 0 spiro atoms. The second-order valence-electron chi connectivity index (χ2n) is 4.76. The third kappa shape index (κ3) is 3.19. The first-order valence-electron chi connectivity index (χ1n) is 6.48. The van der Waals surface area contributed by atoms with Crippen molar-refractivity contribution < 1.29 is 9.53 Å². The summed E-state index contributed by atoms with van der Waals surface area (Å²) in [5.74, 6) is 0.837. The van der Waals surface area contributed by atoms with Crippen LogP contribution in [-0.4, -0.2) is 26.1 Å². The van der Waals surface area contributed by atoms with E-state index in [9.17, 15) is 4.79 Å². The molecular weight excluding hydrogens is 264 g/mol. The minimum absolute atomic E-state index is 0.120. The second kappa shape index (κ2) is 6.26. The lowest BCUT2D eigenvalue weighted by Gasteiger charge is -2.27. The molecule has 1 saturated heterocycles. The highest BCUT2D eigenvalue weighted by molar-refractivity contribution is 6.32. The Labute approximate surface area is 118 Å². The summed E-state index contributed by atoms with van der Waals surface area (Å²) in [6.45, 7) is 3.40. The van der Waals surface area contributed by atoms with Gasteiger partial charge in [0.15, 0.2) is 0 Å². The molecule has 4 nitrogen and oxygen atoms in total. The van der Waals surface area contributed by atoms with Gasteiger partial charge in [-0.05, 0) is 31.5 Å². The van der Waals surface area contributed by atoms with Crippen LogP contribution in [0.4, 0.5) is 5.69 Å². The molecule has 1 amide bonds. The Morgan fingerprint density at radius 3 is 2.89 bits per heavy atom. The average Bonchev–Trinajstić information content (AvgIpc) is 2.39. The number of piperidine rings is 1. The summed E-state index contributed by atoms with van der Waals surface area (Å²) < 4.78 is 5.34. The Hall–Kier alpha value is -1.26. The highest BCUT2D eigenvalue weighted by Gasteiger charge is 2.24. The van der Waals surface area contributed by atoms with Gasteiger partial charge in [0.25, 0.3) is 0 Å². The van der Waals surface area contributed by atoms with Crippen molar-refractivity contribution in [1.82, 2.24) is 5.32 Å². The van der Waals surface area contributed by atoms with Crippen molar-refractivity contribution in [3.8, 4) is 5.75 Å². The monoisotopic (exact) mass is 282 g/mol. The Kier molecular flexibility index (Phi) is 4.66. The molecule has 1 aliphatic heterocycles. The normalized spacial score (nSPS) is 19.0. The number of benzene rings is 1. The van der Waals surface area contributed by atoms with E-state index >= 15 is 0 Å². The smallest absolute Gasteiger partial charge is 0.221 e. The highest BCUT2D eigenvalue weighted by Crippen LogP contribution is 2.40. The fourth-order valence-electron chi connectivity index (χ4n) is 2.55. The third-order valence-electron chi connectivity index (χ3n) is 3.38. The number of halogens is 1. The quantitative estimate of drug-likeness (QED) is 0.896. The van der Waals surface area contributed by atoms with Crippen LogP contribution in [0.3, 0.4) is 0 Å². The maximum Gasteiger partial charge on any atom is 0.221 e. The number of hydrogen-bond acceptors (Lipinski definition) is 3. The molecule has 0 saturated carbocycles. The summed E-state index contributed by atoms with van der Waals surface area (Å²) in [5.41, 5.74) is 1.68. The van der Waals surface area contributed by atoms with E-state index in [1.54, 1.807) is 13.2 Å². The fourth-order valence-corrected chi connectivity index (χ4v) is 2.86. The molecule has 1 fully saturated rings. The molecular formula is C14H19ClN2O2. The van der Waals surface area contributed by atoms with Crippen LogP contribution in [0.5, 0.6) is 5.75 Å². The Balaban J connectivity index is 2.45. The molecule has 1 aromatic carbocycles. The maximum atomic E-state index is 11.4. The molecule has 5 heteroatoms. The van der Waals surface area contributed by atoms with Crippen LogP contribution in [0.1, 0.15) is 31.2 Å². The van der Waals surface area contributed by atoms with E-state index < -0.39 is 0 Å². The molecule has 2 N–H and O–H groups in total. The van der Waals surface area contributed by atoms with Gasteiger partial charge in [-0.1, -0.05) is 11.6 Å². The maximum absolute atomic E-state index is 11.4. The van der Waals surface area contributed by atoms with Crippen LogP contribution in [0, 0.1) is 0 Å². The predicted molar refractivity (Wildman–Crippen MR) is 77.2 cm³/mol. The Bertz CT molecular complexity index is 471. The molecule has 1 aliphatic rings. The van der Waals surface area contributed by atoms with E-state index in [0.717, 1.165) is 31.5 Å². The van der Waals surface area contributed by atoms with Gasteiger partial charge in [0.05, 0.1) is 12.8 Å². The zero-order chi connectivity index (χ0) is 13.8. The van der Waals surface area contributed by atoms with Crippen molar-refractivity contribution in [1.29, 1.82) is 0 Å². The molecule has 1 aromatic rings. The predicted octanol–water partition coefficient (Wildman–Crippen LogP) is 2.77. The van der Waals surface area contributed by atoms with E-state index in [1.807, 2.05) is 6.07 Å². The van der Waals surface area contributed by atoms with Gasteiger partial charge in [-0.15, -0.1) is 0 Å². The standard InChI is InChI=1S/C14H19ClN2O2/c1-9(18)17-14-12(19-2)6-5-11(15)13(14)10-4-3-7-16-8-10/h5-6,10,16H,3-4,7-8H2,1-2H3,(H,17,18). The van der Waals surface area contributed by atoms with Gasteiger partial charge in [-0.3, -0.25) is 4.79 Å². The zero-order valence-corrected chi connectivity index (χ0v) is 12.0. The van der Waals surface area contributed by atoms with Crippen LogP contribution in [0.25, 0.3) is 0 Å². The van der Waals surface area contributed by atoms with Crippen LogP contribution in [0.15, 0.2) is 12.1 Å². The van der Waals surface area contributed by atoms with Crippen molar-refractivity contribution in [2.75, 3.05) is 25.5 Å². The van der Waals surface area contributed by atoms with Gasteiger partial charge >= 0.3 is 0 Å². The average molecular weight is 283 g/mol. The highest BCUT2D eigenvalue weighted by atomic mass is 35.5. The molecule has 2 rings (SSSR count). The van der Waals surface area contributed by atoms with E-state index in [0.29, 0.717) is 22.4 Å². The number of anilines is 1. The summed E-state index contributed by atoms with van der Waals surface area (Å²) in [6, 6.07) is 3.61. The minimum Gasteiger partial charge on any atom is -0.495 e. The number of carbonyl (C=O) groups is 1. The van der Waals surface area contributed by atoms with Crippen LogP contribution in [-0.2, 0) is 4.79 Å². The van der Waals surface area contributed by atoms with Gasteiger partial charge < -0.3 is 15.4 Å². The van der Waals surface area contributed by atoms with Crippen LogP contribution in [0.2, 0.25) is 5.02 Å². The summed E-state index contributed by atoms with van der Waals surface area (Å²) in [7, 11) is 1.59. The molecule has 19 heavy (non-hydrogen) atoms. The van der Waals surface area contributed by atoms with Crippen LogP contribution < -0.4 is 15.4 Å². The largest absolute Gasteiger partial charge is 0.495 e. The molecule has 104 valence electrons. The van der Waals surface area contributed by atoms with Crippen LogP contribution >= 0.6 is 11.6 Å². The number of ether oxygens (including phenoxy) is 1. The molecule has 1 heterocycles. The number of rotatable bonds is 3. The number of carbonyl (C=O) groups excluding carboxylic acids is 1. The zero-order valence-electron chi connectivity index (χ0n) is 11.3. The molecule has 0 radical (unpaired) electrons. The van der Waals surface area contributed by atoms with Gasteiger partial charge in [0.1, 0.15) is 5.75 Å². The van der Waals surface area contributed by atoms with Gasteiger partial charge in [0, 0.05) is 30.0 Å². The summed E-state index contributed by atoms with van der Waals surface area (Å²) in [5, 5.41) is 6.90. The first-order valence-corrected chi connectivity index (χ1v) is 6.86. The van der Waals surface area contributed by atoms with E-state index in [4.69, 9.17) is 16.3 Å². The van der Waals surface area contributed by atoms with Gasteiger partial charge in [-0.25, -0.2) is 0 Å². The number of methoxy groups -OCH3 is 1. The van der Waals surface area contributed by atoms with Crippen molar-refractivity contribution in [3.05, 3.63) is 22.7 Å². The Morgan fingerprint density at radius 2 is 2.32 bits per heavy atom. The fraction of sp³-hybridized carbons (Fsp3) is 0.500. The number of nitrogens with one attached hydrogen (secondary N) is 2.